The minimum absolute atomic E-state index is 0.200. The SMILES string of the molecule is CC(C)CNCc1cc(Br)ccc1Sc1ccc(F)cc1. The van der Waals surface area contributed by atoms with Gasteiger partial charge in [0.15, 0.2) is 0 Å². The van der Waals surface area contributed by atoms with Crippen molar-refractivity contribution in [3.63, 3.8) is 0 Å². The molecule has 0 bridgehead atoms. The van der Waals surface area contributed by atoms with Crippen molar-refractivity contribution in [1.82, 2.24) is 5.32 Å². The molecule has 0 saturated carbocycles. The summed E-state index contributed by atoms with van der Waals surface area (Å²) in [5.41, 5.74) is 1.25. The summed E-state index contributed by atoms with van der Waals surface area (Å²) in [6.07, 6.45) is 0. The summed E-state index contributed by atoms with van der Waals surface area (Å²) in [6, 6.07) is 12.9. The zero-order chi connectivity index (χ0) is 15.2. The molecule has 0 aliphatic heterocycles. The Labute approximate surface area is 138 Å². The molecule has 1 N–H and O–H groups in total. The zero-order valence-electron chi connectivity index (χ0n) is 12.2. The van der Waals surface area contributed by atoms with E-state index in [0.717, 1.165) is 22.5 Å². The molecule has 0 radical (unpaired) electrons. The van der Waals surface area contributed by atoms with Crippen LogP contribution in [0.2, 0.25) is 0 Å². The van der Waals surface area contributed by atoms with E-state index in [9.17, 15) is 4.39 Å². The van der Waals surface area contributed by atoms with Crippen molar-refractivity contribution in [3.8, 4) is 0 Å². The second-order valence-corrected chi connectivity index (χ2v) is 7.36. The molecular formula is C17H19BrFNS. The highest BCUT2D eigenvalue weighted by atomic mass is 79.9. The summed E-state index contributed by atoms with van der Waals surface area (Å²) in [6.45, 7) is 6.22. The van der Waals surface area contributed by atoms with Gasteiger partial charge in [0.05, 0.1) is 0 Å². The number of halogens is 2. The van der Waals surface area contributed by atoms with Crippen molar-refractivity contribution in [2.75, 3.05) is 6.54 Å². The molecule has 0 amide bonds. The first-order valence-corrected chi connectivity index (χ1v) is 8.58. The van der Waals surface area contributed by atoms with Gasteiger partial charge < -0.3 is 5.32 Å². The lowest BCUT2D eigenvalue weighted by atomic mass is 10.2. The minimum atomic E-state index is -0.200. The van der Waals surface area contributed by atoms with Crippen LogP contribution >= 0.6 is 27.7 Å². The third-order valence-electron chi connectivity index (χ3n) is 2.93. The van der Waals surface area contributed by atoms with Crippen LogP contribution in [0.25, 0.3) is 0 Å². The third-order valence-corrected chi connectivity index (χ3v) is 4.55. The van der Waals surface area contributed by atoms with Crippen molar-refractivity contribution >= 4 is 27.7 Å². The molecular weight excluding hydrogens is 349 g/mol. The molecule has 4 heteroatoms. The van der Waals surface area contributed by atoms with E-state index in [0.29, 0.717) is 5.92 Å². The van der Waals surface area contributed by atoms with E-state index in [2.05, 4.69) is 47.2 Å². The second-order valence-electron chi connectivity index (χ2n) is 5.33. The van der Waals surface area contributed by atoms with Gasteiger partial charge in [0, 0.05) is 20.8 Å². The van der Waals surface area contributed by atoms with E-state index in [1.807, 2.05) is 18.2 Å². The van der Waals surface area contributed by atoms with Crippen LogP contribution in [0.15, 0.2) is 56.7 Å². The lowest BCUT2D eigenvalue weighted by Gasteiger charge is -2.12. The van der Waals surface area contributed by atoms with Gasteiger partial charge in [-0.3, -0.25) is 0 Å². The monoisotopic (exact) mass is 367 g/mol. The van der Waals surface area contributed by atoms with Crippen molar-refractivity contribution in [1.29, 1.82) is 0 Å². The van der Waals surface area contributed by atoms with Gasteiger partial charge in [-0.25, -0.2) is 4.39 Å². The molecule has 0 atom stereocenters. The Morgan fingerprint density at radius 2 is 1.86 bits per heavy atom. The number of nitrogens with one attached hydrogen (secondary N) is 1. The lowest BCUT2D eigenvalue weighted by Crippen LogP contribution is -2.19. The minimum Gasteiger partial charge on any atom is -0.312 e. The van der Waals surface area contributed by atoms with Crippen LogP contribution in [0, 0.1) is 11.7 Å². The summed E-state index contributed by atoms with van der Waals surface area (Å²) >= 11 is 5.19. The molecule has 0 unspecified atom stereocenters. The molecule has 2 aromatic carbocycles. The number of hydrogen-bond acceptors (Lipinski definition) is 2. The van der Waals surface area contributed by atoms with Gasteiger partial charge in [0.25, 0.3) is 0 Å². The molecule has 2 aromatic rings. The van der Waals surface area contributed by atoms with E-state index in [4.69, 9.17) is 0 Å². The molecule has 0 aliphatic carbocycles. The maximum Gasteiger partial charge on any atom is 0.123 e. The van der Waals surface area contributed by atoms with Crippen LogP contribution in [0.3, 0.4) is 0 Å². The Bertz CT molecular complexity index is 584. The molecule has 0 fully saturated rings. The Morgan fingerprint density at radius 3 is 2.52 bits per heavy atom. The summed E-state index contributed by atoms with van der Waals surface area (Å²) in [5, 5.41) is 3.47. The lowest BCUT2D eigenvalue weighted by molar-refractivity contribution is 0.550. The molecule has 2 rings (SSSR count). The fourth-order valence-corrected chi connectivity index (χ4v) is 3.24. The van der Waals surface area contributed by atoms with E-state index < -0.39 is 0 Å². The van der Waals surface area contributed by atoms with E-state index in [1.165, 1.54) is 22.6 Å². The Kier molecular flexibility index (Phi) is 6.27. The van der Waals surface area contributed by atoms with Gasteiger partial charge in [-0.1, -0.05) is 41.5 Å². The molecule has 0 spiro atoms. The third kappa shape index (κ3) is 5.46. The summed E-state index contributed by atoms with van der Waals surface area (Å²) in [7, 11) is 0. The normalized spacial score (nSPS) is 11.1. The predicted molar refractivity (Wildman–Crippen MR) is 91.2 cm³/mol. The quantitative estimate of drug-likeness (QED) is 0.724. The second kappa shape index (κ2) is 7.97. The van der Waals surface area contributed by atoms with Crippen LogP contribution in [-0.4, -0.2) is 6.54 Å². The van der Waals surface area contributed by atoms with Gasteiger partial charge in [-0.05, 0) is 60.5 Å². The average molecular weight is 368 g/mol. The maximum absolute atomic E-state index is 13.0. The van der Waals surface area contributed by atoms with Crippen LogP contribution in [0.4, 0.5) is 4.39 Å². The Hall–Kier alpha value is -0.840. The molecule has 21 heavy (non-hydrogen) atoms. The summed E-state index contributed by atoms with van der Waals surface area (Å²) in [5.74, 6) is 0.430. The van der Waals surface area contributed by atoms with Crippen molar-refractivity contribution in [2.45, 2.75) is 30.2 Å². The first-order valence-electron chi connectivity index (χ1n) is 6.97. The number of benzene rings is 2. The maximum atomic E-state index is 13.0. The largest absolute Gasteiger partial charge is 0.312 e. The van der Waals surface area contributed by atoms with Gasteiger partial charge >= 0.3 is 0 Å². The van der Waals surface area contributed by atoms with Gasteiger partial charge in [0.1, 0.15) is 5.82 Å². The number of hydrogen-bond donors (Lipinski definition) is 1. The highest BCUT2D eigenvalue weighted by molar-refractivity contribution is 9.10. The van der Waals surface area contributed by atoms with Crippen LogP contribution < -0.4 is 5.32 Å². The zero-order valence-corrected chi connectivity index (χ0v) is 14.6. The fourth-order valence-electron chi connectivity index (χ4n) is 1.91. The van der Waals surface area contributed by atoms with Crippen molar-refractivity contribution < 1.29 is 4.39 Å². The highest BCUT2D eigenvalue weighted by Gasteiger charge is 2.06. The van der Waals surface area contributed by atoms with Gasteiger partial charge in [0.2, 0.25) is 0 Å². The predicted octanol–water partition coefficient (Wildman–Crippen LogP) is 5.49. The first-order chi connectivity index (χ1) is 10.0. The molecule has 1 nitrogen and oxygen atoms in total. The van der Waals surface area contributed by atoms with Crippen LogP contribution in [-0.2, 0) is 6.54 Å². The smallest absolute Gasteiger partial charge is 0.123 e. The topological polar surface area (TPSA) is 12.0 Å². The van der Waals surface area contributed by atoms with Gasteiger partial charge in [-0.15, -0.1) is 0 Å². The van der Waals surface area contributed by atoms with Gasteiger partial charge in [-0.2, -0.15) is 0 Å². The fraction of sp³-hybridized carbons (Fsp3) is 0.294. The van der Waals surface area contributed by atoms with E-state index >= 15 is 0 Å². The molecule has 112 valence electrons. The van der Waals surface area contributed by atoms with Crippen LogP contribution in [0.5, 0.6) is 0 Å². The molecule has 0 heterocycles. The average Bonchev–Trinajstić information content (AvgIpc) is 2.43. The standard InChI is InChI=1S/C17H19BrFNS/c1-12(2)10-20-11-13-9-14(18)3-8-17(13)21-16-6-4-15(19)5-7-16/h3-9,12,20H,10-11H2,1-2H3. The highest BCUT2D eigenvalue weighted by Crippen LogP contribution is 2.32. The summed E-state index contributed by atoms with van der Waals surface area (Å²) < 4.78 is 14.1. The Balaban J connectivity index is 2.12. The molecule has 0 aliphatic rings. The summed E-state index contributed by atoms with van der Waals surface area (Å²) in [4.78, 5) is 2.24. The van der Waals surface area contributed by atoms with Crippen molar-refractivity contribution in [2.24, 2.45) is 5.92 Å². The number of rotatable bonds is 6. The van der Waals surface area contributed by atoms with Crippen molar-refractivity contribution in [3.05, 3.63) is 58.3 Å². The molecule has 0 saturated heterocycles. The van der Waals surface area contributed by atoms with E-state index in [1.54, 1.807) is 11.8 Å². The first kappa shape index (κ1) is 16.5. The molecule has 0 aromatic heterocycles. The van der Waals surface area contributed by atoms with Crippen LogP contribution in [0.1, 0.15) is 19.4 Å². The van der Waals surface area contributed by atoms with E-state index in [-0.39, 0.29) is 5.82 Å². The Morgan fingerprint density at radius 1 is 1.14 bits per heavy atom.